The Labute approximate surface area is 89.9 Å². The minimum absolute atomic E-state index is 0. The van der Waals surface area contributed by atoms with Gasteiger partial charge in [-0.2, -0.15) is 0 Å². The van der Waals surface area contributed by atoms with E-state index < -0.39 is 0 Å². The molecule has 0 aromatic carbocycles. The van der Waals surface area contributed by atoms with E-state index in [1.54, 1.807) is 0 Å². The summed E-state index contributed by atoms with van der Waals surface area (Å²) in [6.45, 7) is 0. The quantitative estimate of drug-likeness (QED) is 0.344. The van der Waals surface area contributed by atoms with Crippen molar-refractivity contribution < 1.29 is 50.9 Å². The van der Waals surface area contributed by atoms with Crippen LogP contribution in [0.4, 0.5) is 0 Å². The normalized spacial score (nSPS) is 1.00. The van der Waals surface area contributed by atoms with Crippen LogP contribution in [0.2, 0.25) is 0 Å². The fraction of sp³-hybridized carbons (Fsp3) is 1.00. The molecule has 0 atom stereocenters. The summed E-state index contributed by atoms with van der Waals surface area (Å²) in [4.78, 5) is 0. The van der Waals surface area contributed by atoms with Crippen molar-refractivity contribution in [1.82, 2.24) is 0 Å². The van der Waals surface area contributed by atoms with Crippen molar-refractivity contribution in [3.8, 4) is 0 Å². The summed E-state index contributed by atoms with van der Waals surface area (Å²) in [5, 5.41) is 0. The van der Waals surface area contributed by atoms with E-state index in [0.717, 1.165) is 0 Å². The maximum atomic E-state index is 4.50. The summed E-state index contributed by atoms with van der Waals surface area (Å²) in [5.41, 5.74) is 4.50. The second-order valence-corrected chi connectivity index (χ2v) is 0. The van der Waals surface area contributed by atoms with Gasteiger partial charge in [-0.1, -0.05) is 0 Å². The Morgan fingerprint density at radius 2 is 0.833 bits per heavy atom. The van der Waals surface area contributed by atoms with E-state index in [4.69, 9.17) is 0 Å². The van der Waals surface area contributed by atoms with E-state index >= 15 is 0 Å². The maximum absolute atomic E-state index is 4.50. The van der Waals surface area contributed by atoms with Crippen LogP contribution in [-0.4, -0.2) is 34.3 Å². The molecule has 0 fully saturated rings. The Bertz CT molecular complexity index is 10.8. The van der Waals surface area contributed by atoms with Gasteiger partial charge in [0.05, 0.1) is 0 Å². The number of halogens is 3. The molecule has 0 heterocycles. The molecule has 5 heteroatoms. The Kier molecular flexibility index (Phi) is 366. The van der Waals surface area contributed by atoms with Crippen LogP contribution >= 0.6 is 0 Å². The molecule has 1 nitrogen and oxygen atoms in total. The van der Waals surface area contributed by atoms with Gasteiger partial charge in [0, 0.05) is 0 Å². The monoisotopic (exact) mass is 477 g/mol. The van der Waals surface area contributed by atoms with Gasteiger partial charge >= 0.3 is 27.3 Å². The predicted molar refractivity (Wildman–Crippen MR) is 17.3 cm³/mol. The van der Waals surface area contributed by atoms with Gasteiger partial charge in [0.2, 0.25) is 0 Å². The summed E-state index contributed by atoms with van der Waals surface area (Å²) in [6.07, 6.45) is 0. The van der Waals surface area contributed by atoms with Crippen molar-refractivity contribution in [3.63, 3.8) is 0 Å². The number of nitrogens with two attached hydrogens (primary N) is 1. The molecule has 0 aliphatic rings. The molecule has 2 N–H and O–H groups in total. The standard InChI is InChI=1S/CH5N.3BrH.Pb.H/c1-2;;;;;/h2H2,1H3;3*1H;;/q;;;;+3;/p-3. The van der Waals surface area contributed by atoms with Crippen LogP contribution < -0.4 is 56.7 Å². The summed E-state index contributed by atoms with van der Waals surface area (Å²) < 4.78 is 0. The Hall–Kier alpha value is 2.32. The molecule has 0 aromatic rings. The van der Waals surface area contributed by atoms with Crippen molar-refractivity contribution >= 4 is 27.3 Å². The zero-order valence-electron chi connectivity index (χ0n) is 3.29. The van der Waals surface area contributed by atoms with Crippen molar-refractivity contribution in [2.24, 2.45) is 5.73 Å². The average Bonchev–Trinajstić information content (AvgIpc) is 1.00. The number of hydrogen-bond acceptors (Lipinski definition) is 1. The SMILES string of the molecule is CN.[Br-].[Br-].[Br-].[PbH+3]. The molecule has 0 unspecified atom stereocenters. The fourth-order valence-electron chi connectivity index (χ4n) is 0. The first-order valence-electron chi connectivity index (χ1n) is 0.577. The third-order valence-corrected chi connectivity index (χ3v) is 0. The van der Waals surface area contributed by atoms with Gasteiger partial charge in [0.1, 0.15) is 0 Å². The van der Waals surface area contributed by atoms with Crippen molar-refractivity contribution in [1.29, 1.82) is 0 Å². The van der Waals surface area contributed by atoms with Crippen LogP contribution in [-0.2, 0) is 0 Å². The van der Waals surface area contributed by atoms with Gasteiger partial charge < -0.3 is 56.7 Å². The van der Waals surface area contributed by atoms with Crippen molar-refractivity contribution in [2.45, 2.75) is 0 Å². The van der Waals surface area contributed by atoms with Gasteiger partial charge in [-0.05, 0) is 7.05 Å². The van der Waals surface area contributed by atoms with Crippen LogP contribution in [0.5, 0.6) is 0 Å². The van der Waals surface area contributed by atoms with Gasteiger partial charge in [-0.3, -0.25) is 0 Å². The van der Waals surface area contributed by atoms with E-state index in [2.05, 4.69) is 5.73 Å². The van der Waals surface area contributed by atoms with Gasteiger partial charge in [-0.15, -0.1) is 0 Å². The first-order chi connectivity index (χ1) is 1.00. The Morgan fingerprint density at radius 1 is 0.833 bits per heavy atom. The minimum atomic E-state index is 0. The van der Waals surface area contributed by atoms with E-state index in [-0.39, 0.29) is 78.2 Å². The molecule has 0 aromatic heterocycles. The molecule has 0 saturated carbocycles. The molecule has 0 spiro atoms. The average molecular weight is 479 g/mol. The molecule has 0 aliphatic carbocycles. The van der Waals surface area contributed by atoms with Crippen LogP contribution in [0.3, 0.4) is 0 Å². The zero-order valence-corrected chi connectivity index (χ0v) is 12.5. The Balaban J connectivity index is -0.000000000833. The van der Waals surface area contributed by atoms with Gasteiger partial charge in [0.25, 0.3) is 0 Å². The van der Waals surface area contributed by atoms with Crippen LogP contribution in [0, 0.1) is 0 Å². The molecular formula is CH6Br3NPb. The summed E-state index contributed by atoms with van der Waals surface area (Å²) in [6, 6.07) is 0. The molecule has 0 radical (unpaired) electrons. The van der Waals surface area contributed by atoms with Crippen molar-refractivity contribution in [2.75, 3.05) is 7.05 Å². The first kappa shape index (κ1) is 40.4. The van der Waals surface area contributed by atoms with Crippen LogP contribution in [0.1, 0.15) is 0 Å². The third-order valence-electron chi connectivity index (χ3n) is 0. The van der Waals surface area contributed by atoms with E-state index in [1.807, 2.05) is 0 Å². The van der Waals surface area contributed by atoms with E-state index in [9.17, 15) is 0 Å². The zero-order chi connectivity index (χ0) is 2.00. The van der Waals surface area contributed by atoms with E-state index in [1.165, 1.54) is 7.05 Å². The van der Waals surface area contributed by atoms with Gasteiger partial charge in [-0.25, -0.2) is 0 Å². The molecule has 0 amide bonds. The molecule has 0 aliphatic heterocycles. The summed E-state index contributed by atoms with van der Waals surface area (Å²) in [7, 11) is 1.50. The Morgan fingerprint density at radius 3 is 0.833 bits per heavy atom. The topological polar surface area (TPSA) is 26.0 Å². The molecule has 40 valence electrons. The second-order valence-electron chi connectivity index (χ2n) is 0. The molecular weight excluding hydrogens is 473 g/mol. The first-order valence-corrected chi connectivity index (χ1v) is 0.577. The molecule has 0 rings (SSSR count). The van der Waals surface area contributed by atoms with Crippen LogP contribution in [0.15, 0.2) is 0 Å². The fourth-order valence-corrected chi connectivity index (χ4v) is 0. The number of rotatable bonds is 0. The number of hydrogen-bond donors (Lipinski definition) is 1. The van der Waals surface area contributed by atoms with Crippen LogP contribution in [0.25, 0.3) is 0 Å². The summed E-state index contributed by atoms with van der Waals surface area (Å²) >= 11 is 0. The molecule has 0 bridgehead atoms. The van der Waals surface area contributed by atoms with E-state index in [0.29, 0.717) is 0 Å². The van der Waals surface area contributed by atoms with Gasteiger partial charge in [0.15, 0.2) is 0 Å². The van der Waals surface area contributed by atoms with Crippen molar-refractivity contribution in [3.05, 3.63) is 0 Å². The molecule has 0 saturated heterocycles. The molecule has 6 heavy (non-hydrogen) atoms. The third kappa shape index (κ3) is 33.2. The predicted octanol–water partition coefficient (Wildman–Crippen LogP) is -10.1. The summed E-state index contributed by atoms with van der Waals surface area (Å²) in [5.74, 6) is 0. The second kappa shape index (κ2) is 54.3.